The van der Waals surface area contributed by atoms with E-state index in [1.165, 1.54) is 0 Å². The summed E-state index contributed by atoms with van der Waals surface area (Å²) in [5, 5.41) is 12.2. The van der Waals surface area contributed by atoms with Gasteiger partial charge in [0.1, 0.15) is 5.82 Å². The maximum atomic E-state index is 10.9. The van der Waals surface area contributed by atoms with Crippen molar-refractivity contribution in [3.05, 3.63) is 23.4 Å². The first-order chi connectivity index (χ1) is 7.98. The molecule has 0 amide bonds. The van der Waals surface area contributed by atoms with Crippen LogP contribution in [-0.4, -0.2) is 34.8 Å². The minimum absolute atomic E-state index is 0.156. The second kappa shape index (κ2) is 4.33. The summed E-state index contributed by atoms with van der Waals surface area (Å²) in [6.07, 6.45) is 0.894. The molecular weight excluding hydrogens is 220 g/mol. The number of aromatic nitrogens is 1. The zero-order valence-corrected chi connectivity index (χ0v) is 9.99. The number of rotatable bonds is 3. The molecule has 1 fully saturated rings. The number of aromatic carboxylic acids is 1. The Labute approximate surface area is 99.8 Å². The number of pyridine rings is 1. The van der Waals surface area contributed by atoms with E-state index < -0.39 is 5.97 Å². The van der Waals surface area contributed by atoms with Crippen LogP contribution in [0.25, 0.3) is 0 Å². The molecule has 1 atom stereocenters. The molecule has 1 aromatic heterocycles. The number of carboxylic acids is 1. The van der Waals surface area contributed by atoms with Gasteiger partial charge in [-0.3, -0.25) is 0 Å². The second-order valence-electron chi connectivity index (χ2n) is 4.68. The van der Waals surface area contributed by atoms with Gasteiger partial charge in [-0.15, -0.1) is 0 Å². The Bertz CT molecular complexity index is 439. The van der Waals surface area contributed by atoms with E-state index in [1.54, 1.807) is 19.1 Å². The zero-order valence-electron chi connectivity index (χ0n) is 9.99. The lowest BCUT2D eigenvalue weighted by atomic mass is 10.0. The molecule has 2 rings (SSSR count). The highest BCUT2D eigenvalue weighted by molar-refractivity contribution is 5.88. The van der Waals surface area contributed by atoms with Crippen LogP contribution in [0.2, 0.25) is 0 Å². The Morgan fingerprint density at radius 2 is 2.35 bits per heavy atom. The van der Waals surface area contributed by atoms with Crippen molar-refractivity contribution in [3.63, 3.8) is 0 Å². The molecule has 0 aliphatic carbocycles. The van der Waals surface area contributed by atoms with Gasteiger partial charge < -0.3 is 15.2 Å². The Hall–Kier alpha value is -1.62. The van der Waals surface area contributed by atoms with Crippen LogP contribution in [0.15, 0.2) is 12.1 Å². The molecule has 0 bridgehead atoms. The van der Waals surface area contributed by atoms with Crippen molar-refractivity contribution < 1.29 is 14.6 Å². The smallest absolute Gasteiger partial charge is 0.335 e. The highest BCUT2D eigenvalue weighted by Crippen LogP contribution is 2.23. The third kappa shape index (κ3) is 2.74. The topological polar surface area (TPSA) is 71.5 Å². The highest BCUT2D eigenvalue weighted by atomic mass is 16.5. The monoisotopic (exact) mass is 236 g/mol. The third-order valence-electron chi connectivity index (χ3n) is 2.85. The number of carbonyl (C=O) groups is 1. The van der Waals surface area contributed by atoms with E-state index in [1.807, 2.05) is 6.92 Å². The fourth-order valence-electron chi connectivity index (χ4n) is 1.93. The fraction of sp³-hybridized carbons (Fsp3) is 0.500. The summed E-state index contributed by atoms with van der Waals surface area (Å²) >= 11 is 0. The lowest BCUT2D eigenvalue weighted by Gasteiger charge is -2.24. The minimum atomic E-state index is -0.939. The van der Waals surface area contributed by atoms with Crippen LogP contribution in [0, 0.1) is 6.92 Å². The molecule has 17 heavy (non-hydrogen) atoms. The Morgan fingerprint density at radius 1 is 1.59 bits per heavy atom. The van der Waals surface area contributed by atoms with Crippen molar-refractivity contribution in [2.75, 3.05) is 18.5 Å². The molecule has 1 aliphatic heterocycles. The van der Waals surface area contributed by atoms with E-state index in [9.17, 15) is 4.79 Å². The van der Waals surface area contributed by atoms with Gasteiger partial charge in [0.15, 0.2) is 0 Å². The van der Waals surface area contributed by atoms with E-state index in [-0.39, 0.29) is 11.1 Å². The molecule has 0 spiro atoms. The van der Waals surface area contributed by atoms with Gasteiger partial charge in [0.05, 0.1) is 17.7 Å². The molecule has 5 nitrogen and oxygen atoms in total. The van der Waals surface area contributed by atoms with E-state index in [4.69, 9.17) is 9.84 Å². The quantitative estimate of drug-likeness (QED) is 0.835. The van der Waals surface area contributed by atoms with E-state index in [2.05, 4.69) is 10.3 Å². The summed E-state index contributed by atoms with van der Waals surface area (Å²) in [6.45, 7) is 5.17. The first-order valence-corrected chi connectivity index (χ1v) is 5.56. The maximum absolute atomic E-state index is 10.9. The second-order valence-corrected chi connectivity index (χ2v) is 4.68. The molecule has 1 saturated heterocycles. The predicted molar refractivity (Wildman–Crippen MR) is 63.4 cm³/mol. The van der Waals surface area contributed by atoms with Gasteiger partial charge in [0, 0.05) is 12.3 Å². The maximum Gasteiger partial charge on any atom is 0.335 e. The number of nitrogens with zero attached hydrogens (tertiary/aromatic N) is 1. The third-order valence-corrected chi connectivity index (χ3v) is 2.85. The summed E-state index contributed by atoms with van der Waals surface area (Å²) in [6, 6.07) is 3.11. The van der Waals surface area contributed by atoms with E-state index in [0.717, 1.165) is 13.0 Å². The first kappa shape index (κ1) is 11.9. The summed E-state index contributed by atoms with van der Waals surface area (Å²) in [7, 11) is 0. The Morgan fingerprint density at radius 3 is 2.94 bits per heavy atom. The number of anilines is 1. The molecule has 0 saturated carbocycles. The lowest BCUT2D eigenvalue weighted by molar-refractivity contribution is 0.0696. The molecule has 1 aliphatic rings. The van der Waals surface area contributed by atoms with Gasteiger partial charge in [-0.2, -0.15) is 0 Å². The Kier molecular flexibility index (Phi) is 3.02. The largest absolute Gasteiger partial charge is 0.478 e. The number of nitrogens with one attached hydrogen (secondary N) is 1. The van der Waals surface area contributed by atoms with Crippen molar-refractivity contribution in [1.82, 2.24) is 4.98 Å². The molecule has 1 unspecified atom stereocenters. The van der Waals surface area contributed by atoms with Crippen molar-refractivity contribution in [2.24, 2.45) is 0 Å². The van der Waals surface area contributed by atoms with Crippen LogP contribution < -0.4 is 5.32 Å². The van der Waals surface area contributed by atoms with Crippen LogP contribution in [0.3, 0.4) is 0 Å². The number of carboxylic acid groups (broad SMARTS) is 1. The number of hydrogen-bond acceptors (Lipinski definition) is 4. The van der Waals surface area contributed by atoms with Crippen molar-refractivity contribution in [1.29, 1.82) is 0 Å². The normalized spacial score (nSPS) is 23.6. The molecule has 0 aromatic carbocycles. The van der Waals surface area contributed by atoms with Gasteiger partial charge in [0.25, 0.3) is 0 Å². The number of aryl methyl sites for hydroxylation is 1. The van der Waals surface area contributed by atoms with Crippen LogP contribution in [0.1, 0.15) is 29.4 Å². The molecule has 5 heteroatoms. The first-order valence-electron chi connectivity index (χ1n) is 5.56. The molecule has 0 radical (unpaired) electrons. The van der Waals surface area contributed by atoms with Crippen molar-refractivity contribution >= 4 is 11.8 Å². The summed E-state index contributed by atoms with van der Waals surface area (Å²) in [4.78, 5) is 15.2. The van der Waals surface area contributed by atoms with Gasteiger partial charge in [-0.05, 0) is 32.4 Å². The molecule has 92 valence electrons. The van der Waals surface area contributed by atoms with Gasteiger partial charge >= 0.3 is 5.97 Å². The molecule has 2 heterocycles. The molecule has 1 aromatic rings. The standard InChI is InChI=1S/C12H16N2O3/c1-8-5-9(11(15)16)6-10(13-8)14-12(2)3-4-17-7-12/h5-6H,3-4,7H2,1-2H3,(H,13,14)(H,15,16). The molecular formula is C12H16N2O3. The average Bonchev–Trinajstić information content (AvgIpc) is 2.63. The predicted octanol–water partition coefficient (Wildman–Crippen LogP) is 1.68. The SMILES string of the molecule is Cc1cc(C(=O)O)cc(NC2(C)CCOC2)n1. The van der Waals surface area contributed by atoms with Crippen molar-refractivity contribution in [3.8, 4) is 0 Å². The van der Waals surface area contributed by atoms with Crippen molar-refractivity contribution in [2.45, 2.75) is 25.8 Å². The van der Waals surface area contributed by atoms with Crippen LogP contribution in [-0.2, 0) is 4.74 Å². The van der Waals surface area contributed by atoms with Crippen LogP contribution >= 0.6 is 0 Å². The van der Waals surface area contributed by atoms with Gasteiger partial charge in [0.2, 0.25) is 0 Å². The number of ether oxygens (including phenoxy) is 1. The summed E-state index contributed by atoms with van der Waals surface area (Å²) in [5.74, 6) is -0.346. The zero-order chi connectivity index (χ0) is 12.5. The van der Waals surface area contributed by atoms with E-state index in [0.29, 0.717) is 18.1 Å². The van der Waals surface area contributed by atoms with Gasteiger partial charge in [-0.1, -0.05) is 0 Å². The lowest BCUT2D eigenvalue weighted by Crippen LogP contribution is -2.35. The minimum Gasteiger partial charge on any atom is -0.478 e. The molecule has 2 N–H and O–H groups in total. The van der Waals surface area contributed by atoms with Gasteiger partial charge in [-0.25, -0.2) is 9.78 Å². The van der Waals surface area contributed by atoms with Crippen LogP contribution in [0.5, 0.6) is 0 Å². The fourth-order valence-corrected chi connectivity index (χ4v) is 1.93. The average molecular weight is 236 g/mol. The summed E-state index contributed by atoms with van der Waals surface area (Å²) < 4.78 is 5.33. The summed E-state index contributed by atoms with van der Waals surface area (Å²) in [5.41, 5.74) is 0.786. The Balaban J connectivity index is 2.23. The van der Waals surface area contributed by atoms with E-state index >= 15 is 0 Å². The number of hydrogen-bond donors (Lipinski definition) is 2. The highest BCUT2D eigenvalue weighted by Gasteiger charge is 2.29. The van der Waals surface area contributed by atoms with Crippen LogP contribution in [0.4, 0.5) is 5.82 Å².